The summed E-state index contributed by atoms with van der Waals surface area (Å²) >= 11 is 3.13. The molecular formula is C17H23N3OS2. The third-order valence-electron chi connectivity index (χ3n) is 4.08. The second kappa shape index (κ2) is 7.09. The van der Waals surface area contributed by atoms with Crippen molar-refractivity contribution in [2.45, 2.75) is 65.2 Å². The van der Waals surface area contributed by atoms with Gasteiger partial charge >= 0.3 is 0 Å². The van der Waals surface area contributed by atoms with Crippen LogP contribution in [-0.2, 0) is 12.8 Å². The molecule has 0 fully saturated rings. The van der Waals surface area contributed by atoms with Crippen molar-refractivity contribution >= 4 is 33.7 Å². The smallest absolute Gasteiger partial charge is 0.269 e. The third-order valence-corrected chi connectivity index (χ3v) is 6.61. The van der Waals surface area contributed by atoms with Crippen LogP contribution in [0.4, 0.5) is 5.13 Å². The molecule has 0 spiro atoms. The first kappa shape index (κ1) is 16.6. The fourth-order valence-electron chi connectivity index (χ4n) is 2.79. The quantitative estimate of drug-likeness (QED) is 0.853. The van der Waals surface area contributed by atoms with E-state index in [1.807, 2.05) is 6.92 Å². The number of rotatable bonds is 3. The van der Waals surface area contributed by atoms with Crippen LogP contribution < -0.4 is 5.32 Å². The first-order chi connectivity index (χ1) is 11.0. The van der Waals surface area contributed by atoms with E-state index < -0.39 is 0 Å². The van der Waals surface area contributed by atoms with E-state index in [1.54, 1.807) is 11.3 Å². The molecule has 0 saturated carbocycles. The minimum atomic E-state index is -0.0754. The summed E-state index contributed by atoms with van der Waals surface area (Å²) in [5.41, 5.74) is 2.00. The van der Waals surface area contributed by atoms with Crippen molar-refractivity contribution in [3.63, 3.8) is 0 Å². The Morgan fingerprint density at radius 1 is 1.09 bits per heavy atom. The lowest BCUT2D eigenvalue weighted by Crippen LogP contribution is -2.11. The van der Waals surface area contributed by atoms with Crippen LogP contribution in [0.25, 0.3) is 0 Å². The predicted molar refractivity (Wildman–Crippen MR) is 96.9 cm³/mol. The van der Waals surface area contributed by atoms with Gasteiger partial charge in [0.05, 0.1) is 16.4 Å². The Hall–Kier alpha value is -1.27. The molecule has 6 heteroatoms. The fraction of sp³-hybridized carbons (Fsp3) is 0.588. The van der Waals surface area contributed by atoms with Crippen LogP contribution in [0.2, 0.25) is 0 Å². The highest BCUT2D eigenvalue weighted by Crippen LogP contribution is 2.30. The van der Waals surface area contributed by atoms with Crippen molar-refractivity contribution in [3.05, 3.63) is 26.1 Å². The van der Waals surface area contributed by atoms with Crippen LogP contribution in [0.3, 0.4) is 0 Å². The molecule has 4 nitrogen and oxygen atoms in total. The fourth-order valence-corrected chi connectivity index (χ4v) is 4.80. The lowest BCUT2D eigenvalue weighted by Gasteiger charge is -2.06. The summed E-state index contributed by atoms with van der Waals surface area (Å²) < 4.78 is 0. The van der Waals surface area contributed by atoms with Gasteiger partial charge in [-0.15, -0.1) is 22.7 Å². The van der Waals surface area contributed by atoms with Gasteiger partial charge in [-0.3, -0.25) is 10.1 Å². The molecule has 0 aliphatic heterocycles. The number of hydrogen-bond donors (Lipinski definition) is 1. The number of aromatic nitrogens is 2. The zero-order valence-corrected chi connectivity index (χ0v) is 15.6. The number of anilines is 1. The number of carbonyl (C=O) groups excluding carboxylic acids is 1. The van der Waals surface area contributed by atoms with E-state index in [1.165, 1.54) is 47.6 Å². The Morgan fingerprint density at radius 3 is 2.52 bits per heavy atom. The zero-order valence-electron chi connectivity index (χ0n) is 13.9. The highest BCUT2D eigenvalue weighted by atomic mass is 32.1. The Labute approximate surface area is 145 Å². The average molecular weight is 350 g/mol. The molecule has 3 rings (SSSR count). The van der Waals surface area contributed by atoms with Crippen LogP contribution in [0.1, 0.15) is 76.4 Å². The van der Waals surface area contributed by atoms with Gasteiger partial charge in [-0.05, 0) is 32.6 Å². The normalized spacial score (nSPS) is 15.1. The Kier molecular flexibility index (Phi) is 5.11. The molecule has 0 unspecified atom stereocenters. The van der Waals surface area contributed by atoms with Gasteiger partial charge < -0.3 is 0 Å². The van der Waals surface area contributed by atoms with Crippen LogP contribution in [-0.4, -0.2) is 15.9 Å². The molecule has 0 atom stereocenters. The van der Waals surface area contributed by atoms with Crippen molar-refractivity contribution in [1.29, 1.82) is 0 Å². The summed E-state index contributed by atoms with van der Waals surface area (Å²) in [7, 11) is 0. The molecule has 0 radical (unpaired) electrons. The van der Waals surface area contributed by atoms with E-state index in [9.17, 15) is 4.79 Å². The highest BCUT2D eigenvalue weighted by Gasteiger charge is 2.19. The SMILES string of the molecule is Cc1nc(C(C)C)sc1C(=O)Nc1nc2c(s1)CCCCCC2. The lowest BCUT2D eigenvalue weighted by molar-refractivity contribution is 0.103. The molecule has 0 saturated heterocycles. The molecule has 1 amide bonds. The monoisotopic (exact) mass is 349 g/mol. The maximum absolute atomic E-state index is 12.5. The predicted octanol–water partition coefficient (Wildman–Crippen LogP) is 4.94. The van der Waals surface area contributed by atoms with E-state index >= 15 is 0 Å². The van der Waals surface area contributed by atoms with Crippen molar-refractivity contribution in [2.75, 3.05) is 5.32 Å². The summed E-state index contributed by atoms with van der Waals surface area (Å²) in [6.45, 7) is 6.10. The van der Waals surface area contributed by atoms with E-state index in [2.05, 4.69) is 29.1 Å². The van der Waals surface area contributed by atoms with Crippen molar-refractivity contribution in [2.24, 2.45) is 0 Å². The lowest BCUT2D eigenvalue weighted by atomic mass is 10.0. The summed E-state index contributed by atoms with van der Waals surface area (Å²) in [5.74, 6) is 0.272. The topological polar surface area (TPSA) is 54.9 Å². The molecule has 0 bridgehead atoms. The van der Waals surface area contributed by atoms with Gasteiger partial charge in [-0.25, -0.2) is 9.97 Å². The highest BCUT2D eigenvalue weighted by molar-refractivity contribution is 7.16. The number of nitrogens with zero attached hydrogens (tertiary/aromatic N) is 2. The summed E-state index contributed by atoms with van der Waals surface area (Å²) in [6, 6.07) is 0. The first-order valence-electron chi connectivity index (χ1n) is 8.32. The minimum absolute atomic E-state index is 0.0754. The van der Waals surface area contributed by atoms with E-state index in [-0.39, 0.29) is 5.91 Å². The van der Waals surface area contributed by atoms with Crippen molar-refractivity contribution in [3.8, 4) is 0 Å². The number of aryl methyl sites for hydroxylation is 3. The molecule has 2 aromatic heterocycles. The maximum Gasteiger partial charge on any atom is 0.269 e. The van der Waals surface area contributed by atoms with Crippen molar-refractivity contribution < 1.29 is 4.79 Å². The molecule has 1 aliphatic carbocycles. The van der Waals surface area contributed by atoms with E-state index in [0.717, 1.165) is 28.7 Å². The van der Waals surface area contributed by atoms with Crippen LogP contribution in [0.15, 0.2) is 0 Å². The zero-order chi connectivity index (χ0) is 16.4. The molecule has 124 valence electrons. The molecule has 2 aromatic rings. The van der Waals surface area contributed by atoms with Gasteiger partial charge in [0.1, 0.15) is 4.88 Å². The Morgan fingerprint density at radius 2 is 1.83 bits per heavy atom. The summed E-state index contributed by atoms with van der Waals surface area (Å²) in [4.78, 5) is 23.8. The molecular weight excluding hydrogens is 326 g/mol. The minimum Gasteiger partial charge on any atom is -0.297 e. The number of fused-ring (bicyclic) bond motifs is 1. The number of amides is 1. The average Bonchev–Trinajstić information content (AvgIpc) is 3.03. The van der Waals surface area contributed by atoms with Crippen molar-refractivity contribution in [1.82, 2.24) is 9.97 Å². The third kappa shape index (κ3) is 3.80. The second-order valence-electron chi connectivity index (χ2n) is 6.38. The van der Waals surface area contributed by atoms with Crippen LogP contribution in [0.5, 0.6) is 0 Å². The van der Waals surface area contributed by atoms with E-state index in [0.29, 0.717) is 10.8 Å². The van der Waals surface area contributed by atoms with Gasteiger partial charge in [-0.2, -0.15) is 0 Å². The second-order valence-corrected chi connectivity index (χ2v) is 8.49. The van der Waals surface area contributed by atoms with Crippen LogP contribution in [0, 0.1) is 6.92 Å². The first-order valence-corrected chi connectivity index (χ1v) is 9.95. The number of thiazole rings is 2. The van der Waals surface area contributed by atoms with Gasteiger partial charge in [-0.1, -0.05) is 26.7 Å². The van der Waals surface area contributed by atoms with Gasteiger partial charge in [0.15, 0.2) is 5.13 Å². The molecule has 23 heavy (non-hydrogen) atoms. The van der Waals surface area contributed by atoms with Gasteiger partial charge in [0, 0.05) is 10.8 Å². The number of hydrogen-bond acceptors (Lipinski definition) is 5. The molecule has 1 aliphatic rings. The van der Waals surface area contributed by atoms with Gasteiger partial charge in [0.25, 0.3) is 5.91 Å². The Balaban J connectivity index is 1.76. The summed E-state index contributed by atoms with van der Waals surface area (Å²) in [6.07, 6.45) is 7.16. The van der Waals surface area contributed by atoms with Crippen LogP contribution >= 0.6 is 22.7 Å². The standard InChI is InChI=1S/C17H23N3OS2/c1-10(2)16-18-11(3)14(23-16)15(21)20-17-19-12-8-6-4-5-7-9-13(12)22-17/h10H,4-9H2,1-3H3,(H,19,20,21). The van der Waals surface area contributed by atoms with E-state index in [4.69, 9.17) is 0 Å². The maximum atomic E-state index is 12.5. The number of nitrogens with one attached hydrogen (secondary N) is 1. The summed E-state index contributed by atoms with van der Waals surface area (Å²) in [5, 5.41) is 4.74. The number of carbonyl (C=O) groups is 1. The van der Waals surface area contributed by atoms with Gasteiger partial charge in [0.2, 0.25) is 0 Å². The molecule has 2 heterocycles. The largest absolute Gasteiger partial charge is 0.297 e. The molecule has 1 N–H and O–H groups in total. The molecule has 0 aromatic carbocycles. The Bertz CT molecular complexity index is 677.